The lowest BCUT2D eigenvalue weighted by molar-refractivity contribution is -0.0552. The zero-order valence-corrected chi connectivity index (χ0v) is 12.2. The van der Waals surface area contributed by atoms with E-state index in [-0.39, 0.29) is 19.3 Å². The number of morpholine rings is 1. The molecule has 0 aliphatic carbocycles. The largest absolute Gasteiger partial charge is 0.496 e. The van der Waals surface area contributed by atoms with Crippen LogP contribution < -0.4 is 4.74 Å². The third-order valence-corrected chi connectivity index (χ3v) is 3.41. The Morgan fingerprint density at radius 2 is 2.29 bits per heavy atom. The van der Waals surface area contributed by atoms with Gasteiger partial charge in [0.25, 0.3) is 0 Å². The first-order valence-corrected chi connectivity index (χ1v) is 6.98. The van der Waals surface area contributed by atoms with E-state index in [0.717, 1.165) is 30.0 Å². The van der Waals surface area contributed by atoms with Gasteiger partial charge in [-0.2, -0.15) is 0 Å². The van der Waals surface area contributed by atoms with Crippen molar-refractivity contribution in [2.45, 2.75) is 12.6 Å². The smallest absolute Gasteiger partial charge is 0.123 e. The Kier molecular flexibility index (Phi) is 6.03. The molecule has 21 heavy (non-hydrogen) atoms. The fourth-order valence-electron chi connectivity index (χ4n) is 2.40. The topological polar surface area (TPSA) is 62.2 Å². The average molecular weight is 291 g/mol. The molecule has 1 fully saturated rings. The molecule has 0 bridgehead atoms. The minimum atomic E-state index is -0.150. The molecular weight excluding hydrogens is 270 g/mol. The van der Waals surface area contributed by atoms with Gasteiger partial charge in [-0.15, -0.1) is 0 Å². The zero-order chi connectivity index (χ0) is 15.1. The van der Waals surface area contributed by atoms with Gasteiger partial charge in [-0.3, -0.25) is 4.90 Å². The van der Waals surface area contributed by atoms with Crippen molar-refractivity contribution in [1.29, 1.82) is 0 Å². The van der Waals surface area contributed by atoms with E-state index in [0.29, 0.717) is 13.2 Å². The van der Waals surface area contributed by atoms with Gasteiger partial charge in [0.15, 0.2) is 0 Å². The van der Waals surface area contributed by atoms with Crippen LogP contribution in [0.25, 0.3) is 0 Å². The van der Waals surface area contributed by atoms with Crippen LogP contribution in [0.2, 0.25) is 0 Å². The fourth-order valence-corrected chi connectivity index (χ4v) is 2.40. The maximum atomic E-state index is 9.20. The molecule has 1 atom stereocenters. The lowest BCUT2D eigenvalue weighted by atomic mass is 10.1. The van der Waals surface area contributed by atoms with Crippen molar-refractivity contribution in [3.05, 3.63) is 29.3 Å². The molecule has 1 saturated heterocycles. The standard InChI is InChI=1S/C16H21NO4/c1-20-16-5-4-13(3-2-7-18)9-14(16)10-17-6-8-21-15(11-17)12-19/h4-5,9,15,18-19H,6-8,10-12H2,1H3. The summed E-state index contributed by atoms with van der Waals surface area (Å²) in [4.78, 5) is 2.23. The highest BCUT2D eigenvalue weighted by Crippen LogP contribution is 2.22. The molecule has 2 rings (SSSR count). The summed E-state index contributed by atoms with van der Waals surface area (Å²) in [6, 6.07) is 5.74. The van der Waals surface area contributed by atoms with Crippen molar-refractivity contribution in [2.24, 2.45) is 0 Å². The Balaban J connectivity index is 2.13. The van der Waals surface area contributed by atoms with Crippen molar-refractivity contribution >= 4 is 0 Å². The Labute approximate surface area is 125 Å². The number of nitrogens with zero attached hydrogens (tertiary/aromatic N) is 1. The van der Waals surface area contributed by atoms with Crippen LogP contribution in [0.3, 0.4) is 0 Å². The lowest BCUT2D eigenvalue weighted by Gasteiger charge is -2.32. The van der Waals surface area contributed by atoms with Crippen LogP contribution in [0.15, 0.2) is 18.2 Å². The van der Waals surface area contributed by atoms with E-state index in [4.69, 9.17) is 14.6 Å². The number of hydrogen-bond acceptors (Lipinski definition) is 5. The maximum absolute atomic E-state index is 9.20. The van der Waals surface area contributed by atoms with E-state index in [9.17, 15) is 5.11 Å². The molecule has 0 spiro atoms. The lowest BCUT2D eigenvalue weighted by Crippen LogP contribution is -2.43. The van der Waals surface area contributed by atoms with Crippen LogP contribution in [0.4, 0.5) is 0 Å². The second kappa shape index (κ2) is 8.01. The Morgan fingerprint density at radius 3 is 3.00 bits per heavy atom. The first-order valence-electron chi connectivity index (χ1n) is 6.98. The summed E-state index contributed by atoms with van der Waals surface area (Å²) in [5.41, 5.74) is 1.90. The number of aliphatic hydroxyl groups excluding tert-OH is 2. The molecule has 1 aliphatic rings. The van der Waals surface area contributed by atoms with E-state index < -0.39 is 0 Å². The van der Waals surface area contributed by atoms with Crippen molar-refractivity contribution in [1.82, 2.24) is 4.90 Å². The van der Waals surface area contributed by atoms with E-state index in [1.807, 2.05) is 18.2 Å². The molecule has 0 amide bonds. The van der Waals surface area contributed by atoms with Gasteiger partial charge in [0, 0.05) is 30.8 Å². The third-order valence-electron chi connectivity index (χ3n) is 3.41. The molecule has 1 aliphatic heterocycles. The van der Waals surface area contributed by atoms with Gasteiger partial charge < -0.3 is 19.7 Å². The zero-order valence-electron chi connectivity index (χ0n) is 12.2. The predicted octanol–water partition coefficient (Wildman–Crippen LogP) is 0.232. The van der Waals surface area contributed by atoms with Crippen LogP contribution in [0.1, 0.15) is 11.1 Å². The Morgan fingerprint density at radius 1 is 1.43 bits per heavy atom. The number of methoxy groups -OCH3 is 1. The van der Waals surface area contributed by atoms with E-state index >= 15 is 0 Å². The van der Waals surface area contributed by atoms with Gasteiger partial charge in [-0.1, -0.05) is 11.8 Å². The number of rotatable bonds is 4. The SMILES string of the molecule is COc1ccc(C#CCO)cc1CN1CCOC(CO)C1. The summed E-state index contributed by atoms with van der Waals surface area (Å²) in [6.07, 6.45) is -0.123. The van der Waals surface area contributed by atoms with Crippen LogP contribution >= 0.6 is 0 Å². The first-order chi connectivity index (χ1) is 10.3. The second-order valence-electron chi connectivity index (χ2n) is 4.90. The van der Waals surface area contributed by atoms with E-state index in [2.05, 4.69) is 16.7 Å². The summed E-state index contributed by atoms with van der Waals surface area (Å²) in [5.74, 6) is 6.37. The monoisotopic (exact) mass is 291 g/mol. The Bertz CT molecular complexity index is 521. The molecule has 1 heterocycles. The first kappa shape index (κ1) is 15.8. The quantitative estimate of drug-likeness (QED) is 0.778. The molecule has 0 saturated carbocycles. The summed E-state index contributed by atoms with van der Waals surface area (Å²) in [6.45, 7) is 2.76. The average Bonchev–Trinajstić information content (AvgIpc) is 2.53. The molecular formula is C16H21NO4. The minimum Gasteiger partial charge on any atom is -0.496 e. The molecule has 1 unspecified atom stereocenters. The summed E-state index contributed by atoms with van der Waals surface area (Å²) < 4.78 is 10.9. The summed E-state index contributed by atoms with van der Waals surface area (Å²) in [7, 11) is 1.65. The molecule has 5 heteroatoms. The maximum Gasteiger partial charge on any atom is 0.123 e. The van der Waals surface area contributed by atoms with Crippen molar-refractivity contribution in [3.63, 3.8) is 0 Å². The minimum absolute atomic E-state index is 0.0374. The molecule has 2 N–H and O–H groups in total. The van der Waals surface area contributed by atoms with Gasteiger partial charge in [0.1, 0.15) is 12.4 Å². The van der Waals surface area contributed by atoms with Crippen LogP contribution in [-0.2, 0) is 11.3 Å². The van der Waals surface area contributed by atoms with Gasteiger partial charge in [-0.25, -0.2) is 0 Å². The number of hydrogen-bond donors (Lipinski definition) is 2. The van der Waals surface area contributed by atoms with Crippen LogP contribution in [0, 0.1) is 11.8 Å². The highest BCUT2D eigenvalue weighted by molar-refractivity contribution is 5.44. The van der Waals surface area contributed by atoms with Gasteiger partial charge >= 0.3 is 0 Å². The highest BCUT2D eigenvalue weighted by Gasteiger charge is 2.20. The van der Waals surface area contributed by atoms with E-state index in [1.165, 1.54) is 0 Å². The molecule has 1 aromatic carbocycles. The molecule has 1 aromatic rings. The highest BCUT2D eigenvalue weighted by atomic mass is 16.5. The van der Waals surface area contributed by atoms with Crippen molar-refractivity contribution in [2.75, 3.05) is 40.0 Å². The molecule has 0 aromatic heterocycles. The second-order valence-corrected chi connectivity index (χ2v) is 4.90. The van der Waals surface area contributed by atoms with Crippen molar-refractivity contribution in [3.8, 4) is 17.6 Å². The molecule has 0 radical (unpaired) electrons. The van der Waals surface area contributed by atoms with Gasteiger partial charge in [-0.05, 0) is 18.2 Å². The number of ether oxygens (including phenoxy) is 2. The molecule has 5 nitrogen and oxygen atoms in total. The predicted molar refractivity (Wildman–Crippen MR) is 79.1 cm³/mol. The molecule has 114 valence electrons. The van der Waals surface area contributed by atoms with Crippen LogP contribution in [-0.4, -0.2) is 61.2 Å². The van der Waals surface area contributed by atoms with Gasteiger partial charge in [0.05, 0.1) is 26.4 Å². The fraction of sp³-hybridized carbons (Fsp3) is 0.500. The van der Waals surface area contributed by atoms with Crippen molar-refractivity contribution < 1.29 is 19.7 Å². The summed E-state index contributed by atoms with van der Waals surface area (Å²) >= 11 is 0. The normalized spacial score (nSPS) is 18.9. The van der Waals surface area contributed by atoms with Crippen LogP contribution in [0.5, 0.6) is 5.75 Å². The van der Waals surface area contributed by atoms with Gasteiger partial charge in [0.2, 0.25) is 0 Å². The Hall–Kier alpha value is -1.58. The van der Waals surface area contributed by atoms with E-state index in [1.54, 1.807) is 7.11 Å². The number of aliphatic hydroxyl groups is 2. The third kappa shape index (κ3) is 4.45. The summed E-state index contributed by atoms with van der Waals surface area (Å²) in [5, 5.41) is 18.0. The number of benzene rings is 1.